The molecule has 0 radical (unpaired) electrons. The fourth-order valence-electron chi connectivity index (χ4n) is 3.18. The van der Waals surface area contributed by atoms with E-state index in [0.717, 1.165) is 6.07 Å². The lowest BCUT2D eigenvalue weighted by molar-refractivity contribution is 0.0476. The zero-order chi connectivity index (χ0) is 14.2. The van der Waals surface area contributed by atoms with Gasteiger partial charge in [-0.2, -0.15) is 0 Å². The second-order valence-corrected chi connectivity index (χ2v) is 5.39. The summed E-state index contributed by atoms with van der Waals surface area (Å²) in [5.41, 5.74) is 0.379. The van der Waals surface area contributed by atoms with Crippen molar-refractivity contribution in [2.45, 2.75) is 39.0 Å². The minimum atomic E-state index is -0.801. The Morgan fingerprint density at radius 3 is 2.37 bits per heavy atom. The summed E-state index contributed by atoms with van der Waals surface area (Å²) in [7, 11) is 1.78. The van der Waals surface area contributed by atoms with Crippen LogP contribution in [0.2, 0.25) is 0 Å². The summed E-state index contributed by atoms with van der Waals surface area (Å²) in [6, 6.07) is 4.09. The Balaban J connectivity index is 2.37. The van der Waals surface area contributed by atoms with E-state index in [1.165, 1.54) is 0 Å². The van der Waals surface area contributed by atoms with Crippen LogP contribution in [0.15, 0.2) is 18.2 Å². The molecule has 1 saturated heterocycles. The van der Waals surface area contributed by atoms with E-state index in [4.69, 9.17) is 4.74 Å². The summed E-state index contributed by atoms with van der Waals surface area (Å²) in [5, 5.41) is 3.12. The van der Waals surface area contributed by atoms with Gasteiger partial charge in [0.25, 0.3) is 0 Å². The standard InChI is InChI=1S/C15H21F2NO/c1-8-9(2)19-10(3)13(8)15(18-4)11-6-5-7-12(16)14(11)17/h5-10,13,15,18H,1-4H3. The van der Waals surface area contributed by atoms with Crippen molar-refractivity contribution in [3.05, 3.63) is 35.4 Å². The largest absolute Gasteiger partial charge is 0.375 e. The highest BCUT2D eigenvalue weighted by atomic mass is 19.2. The van der Waals surface area contributed by atoms with E-state index in [9.17, 15) is 8.78 Å². The molecule has 1 N–H and O–H groups in total. The number of ether oxygens (including phenoxy) is 1. The summed E-state index contributed by atoms with van der Waals surface area (Å²) in [6.45, 7) is 6.11. The second kappa shape index (κ2) is 5.55. The fraction of sp³-hybridized carbons (Fsp3) is 0.600. The molecule has 2 nitrogen and oxygen atoms in total. The van der Waals surface area contributed by atoms with Crippen LogP contribution < -0.4 is 5.32 Å². The monoisotopic (exact) mass is 269 g/mol. The lowest BCUT2D eigenvalue weighted by atomic mass is 9.80. The molecule has 0 bridgehead atoms. The van der Waals surface area contributed by atoms with Gasteiger partial charge in [0.05, 0.1) is 12.2 Å². The summed E-state index contributed by atoms with van der Waals surface area (Å²) in [6.07, 6.45) is 0.151. The maximum Gasteiger partial charge on any atom is 0.163 e. The van der Waals surface area contributed by atoms with E-state index >= 15 is 0 Å². The SMILES string of the molecule is CNC(c1cccc(F)c1F)C1C(C)OC(C)C1C. The van der Waals surface area contributed by atoms with Gasteiger partial charge in [-0.1, -0.05) is 19.1 Å². The molecule has 1 aliphatic rings. The number of nitrogens with one attached hydrogen (secondary N) is 1. The van der Waals surface area contributed by atoms with E-state index < -0.39 is 11.6 Å². The van der Waals surface area contributed by atoms with Crippen molar-refractivity contribution >= 4 is 0 Å². The minimum Gasteiger partial charge on any atom is -0.375 e. The van der Waals surface area contributed by atoms with Gasteiger partial charge >= 0.3 is 0 Å². The predicted molar refractivity (Wildman–Crippen MR) is 70.8 cm³/mol. The fourth-order valence-corrected chi connectivity index (χ4v) is 3.18. The molecular weight excluding hydrogens is 248 g/mol. The molecule has 4 heteroatoms. The van der Waals surface area contributed by atoms with Crippen molar-refractivity contribution in [2.24, 2.45) is 11.8 Å². The van der Waals surface area contributed by atoms with Crippen molar-refractivity contribution in [3.8, 4) is 0 Å². The van der Waals surface area contributed by atoms with Crippen LogP contribution >= 0.6 is 0 Å². The maximum atomic E-state index is 14.0. The average Bonchev–Trinajstić information content (AvgIpc) is 2.62. The average molecular weight is 269 g/mol. The van der Waals surface area contributed by atoms with Gasteiger partial charge in [-0.05, 0) is 32.9 Å². The third-order valence-electron chi connectivity index (χ3n) is 4.33. The molecule has 2 rings (SSSR count). The molecule has 1 aliphatic heterocycles. The summed E-state index contributed by atoms with van der Waals surface area (Å²) < 4.78 is 33.2. The van der Waals surface area contributed by atoms with Crippen LogP contribution in [0.5, 0.6) is 0 Å². The van der Waals surface area contributed by atoms with Crippen LogP contribution in [-0.4, -0.2) is 19.3 Å². The van der Waals surface area contributed by atoms with Gasteiger partial charge in [0, 0.05) is 17.5 Å². The first kappa shape index (κ1) is 14.4. The topological polar surface area (TPSA) is 21.3 Å². The molecule has 0 amide bonds. The molecule has 0 saturated carbocycles. The Morgan fingerprint density at radius 2 is 1.84 bits per heavy atom. The van der Waals surface area contributed by atoms with Crippen LogP contribution in [0.25, 0.3) is 0 Å². The van der Waals surface area contributed by atoms with Crippen molar-refractivity contribution in [3.63, 3.8) is 0 Å². The lowest BCUT2D eigenvalue weighted by Crippen LogP contribution is -2.33. The summed E-state index contributed by atoms with van der Waals surface area (Å²) in [5.74, 6) is -1.16. The molecule has 1 aromatic rings. The first-order valence-corrected chi connectivity index (χ1v) is 6.74. The van der Waals surface area contributed by atoms with Gasteiger partial charge in [0.15, 0.2) is 11.6 Å². The molecule has 1 fully saturated rings. The van der Waals surface area contributed by atoms with E-state index in [2.05, 4.69) is 12.2 Å². The van der Waals surface area contributed by atoms with Crippen LogP contribution in [-0.2, 0) is 4.74 Å². The van der Waals surface area contributed by atoms with Gasteiger partial charge in [0.1, 0.15) is 0 Å². The van der Waals surface area contributed by atoms with E-state index in [-0.39, 0.29) is 30.1 Å². The highest BCUT2D eigenvalue weighted by Crippen LogP contribution is 2.41. The zero-order valence-corrected chi connectivity index (χ0v) is 11.8. The molecule has 1 heterocycles. The van der Waals surface area contributed by atoms with E-state index in [1.54, 1.807) is 19.2 Å². The third kappa shape index (κ3) is 2.51. The zero-order valence-electron chi connectivity index (χ0n) is 11.8. The third-order valence-corrected chi connectivity index (χ3v) is 4.33. The Labute approximate surface area is 113 Å². The minimum absolute atomic E-state index is 0.0186. The lowest BCUT2D eigenvalue weighted by Gasteiger charge is -2.29. The summed E-state index contributed by atoms with van der Waals surface area (Å²) >= 11 is 0. The first-order chi connectivity index (χ1) is 8.97. The molecule has 1 aromatic carbocycles. The number of hydrogen-bond donors (Lipinski definition) is 1. The molecule has 106 valence electrons. The Bertz CT molecular complexity index is 452. The highest BCUT2D eigenvalue weighted by Gasteiger charge is 2.42. The Kier molecular flexibility index (Phi) is 4.21. The normalized spacial score (nSPS) is 32.5. The van der Waals surface area contributed by atoms with Gasteiger partial charge in [-0.3, -0.25) is 0 Å². The van der Waals surface area contributed by atoms with Crippen molar-refractivity contribution in [1.82, 2.24) is 5.32 Å². The highest BCUT2D eigenvalue weighted by molar-refractivity contribution is 5.24. The second-order valence-electron chi connectivity index (χ2n) is 5.39. The number of benzene rings is 1. The van der Waals surface area contributed by atoms with Crippen LogP contribution in [0, 0.1) is 23.5 Å². The number of halogens is 2. The van der Waals surface area contributed by atoms with Crippen LogP contribution in [0.3, 0.4) is 0 Å². The van der Waals surface area contributed by atoms with Crippen molar-refractivity contribution in [2.75, 3.05) is 7.05 Å². The molecule has 0 aliphatic carbocycles. The van der Waals surface area contributed by atoms with Crippen molar-refractivity contribution in [1.29, 1.82) is 0 Å². The van der Waals surface area contributed by atoms with Gasteiger partial charge in [0.2, 0.25) is 0 Å². The van der Waals surface area contributed by atoms with Gasteiger partial charge < -0.3 is 10.1 Å². The number of rotatable bonds is 3. The van der Waals surface area contributed by atoms with E-state index in [0.29, 0.717) is 5.56 Å². The van der Waals surface area contributed by atoms with Gasteiger partial charge in [-0.15, -0.1) is 0 Å². The van der Waals surface area contributed by atoms with Gasteiger partial charge in [-0.25, -0.2) is 8.78 Å². The molecular formula is C15H21F2NO. The molecule has 19 heavy (non-hydrogen) atoms. The van der Waals surface area contributed by atoms with Crippen molar-refractivity contribution < 1.29 is 13.5 Å². The predicted octanol–water partition coefficient (Wildman–Crippen LogP) is 3.28. The Morgan fingerprint density at radius 1 is 1.16 bits per heavy atom. The summed E-state index contributed by atoms with van der Waals surface area (Å²) in [4.78, 5) is 0. The maximum absolute atomic E-state index is 14.0. The van der Waals surface area contributed by atoms with Crippen LogP contribution in [0.4, 0.5) is 8.78 Å². The quantitative estimate of drug-likeness (QED) is 0.909. The van der Waals surface area contributed by atoms with Crippen LogP contribution in [0.1, 0.15) is 32.4 Å². The molecule has 5 atom stereocenters. The molecule has 0 aromatic heterocycles. The molecule has 5 unspecified atom stereocenters. The smallest absolute Gasteiger partial charge is 0.163 e. The molecule has 0 spiro atoms. The Hall–Kier alpha value is -1.00. The van der Waals surface area contributed by atoms with E-state index in [1.807, 2.05) is 13.8 Å². The number of hydrogen-bond acceptors (Lipinski definition) is 2. The first-order valence-electron chi connectivity index (χ1n) is 6.74.